The van der Waals surface area contributed by atoms with Crippen LogP contribution in [0.3, 0.4) is 0 Å². The number of nitrogen functional groups attached to an aromatic ring is 2. The SMILES string of the molecule is CC1(C)OB(c2cncc(N)c2)OC1(C)C.Clc1nc(NCc2ccccn2)c2c(-c3ccccc3)ccn2n1.Nc1cncc(-c2nc(NCc3ccccn3)c3c(-c4ccccc4)ccn3n2)c1. The number of nitrogens with one attached hydrogen (secondary N) is 2. The maximum Gasteiger partial charge on any atom is 0.496 e. The standard InChI is InChI=1S/C23H19N7.C18H14ClN5.C11H17BN2O2/c24-18-12-17(13-25-14-18)22-28-23(27-15-19-8-4-5-10-26-19)21-20(9-11-30(21)29-22)16-6-2-1-3-7-16;19-18-22-17(21-12-14-8-4-5-10-20-14)16-15(9-11-24(16)23-18)13-6-2-1-3-7-13;1-10(2)11(3,4)16-12(15-10)8-5-9(13)7-14-6-8/h1-14H,15,24H2,(H,27,28,29);1-11H,12H2,(H,21,22,23);5-7H,13H2,1-4H3. The minimum Gasteiger partial charge on any atom is -0.399 e. The third kappa shape index (κ3) is 10.7. The zero-order valence-electron chi connectivity index (χ0n) is 39.0. The highest BCUT2D eigenvalue weighted by atomic mass is 35.5. The van der Waals surface area contributed by atoms with E-state index in [0.29, 0.717) is 36.1 Å². The van der Waals surface area contributed by atoms with E-state index in [4.69, 9.17) is 42.5 Å². The molecule has 0 bridgehead atoms. The monoisotopic (exact) mass is 948 g/mol. The normalized spacial score (nSPS) is 13.5. The molecule has 1 aliphatic rings. The van der Waals surface area contributed by atoms with Crippen molar-refractivity contribution < 1.29 is 9.31 Å². The van der Waals surface area contributed by atoms with Crippen LogP contribution < -0.4 is 27.6 Å². The zero-order valence-corrected chi connectivity index (χ0v) is 39.7. The van der Waals surface area contributed by atoms with E-state index in [1.165, 1.54) is 0 Å². The minimum absolute atomic E-state index is 0.196. The molecular formula is C52H50BClN14O2. The summed E-state index contributed by atoms with van der Waals surface area (Å²) in [6, 6.07) is 39.7. The fraction of sp³-hybridized carbons (Fsp3) is 0.154. The van der Waals surface area contributed by atoms with Gasteiger partial charge in [0.2, 0.25) is 5.28 Å². The number of benzene rings is 2. The Hall–Kier alpha value is -8.25. The maximum absolute atomic E-state index is 6.06. The third-order valence-corrected chi connectivity index (χ3v) is 12.0. The van der Waals surface area contributed by atoms with Crippen molar-refractivity contribution in [1.82, 2.24) is 49.1 Å². The molecule has 16 nitrogen and oxygen atoms in total. The first-order valence-corrected chi connectivity index (χ1v) is 22.9. The molecule has 2 aromatic carbocycles. The predicted octanol–water partition coefficient (Wildman–Crippen LogP) is 9.07. The van der Waals surface area contributed by atoms with Gasteiger partial charge >= 0.3 is 7.12 Å². The summed E-state index contributed by atoms with van der Waals surface area (Å²) in [5.41, 5.74) is 21.7. The van der Waals surface area contributed by atoms with Crippen LogP contribution in [-0.2, 0) is 22.4 Å². The molecule has 0 saturated carbocycles. The number of aromatic nitrogens is 10. The Balaban J connectivity index is 0.000000137. The van der Waals surface area contributed by atoms with E-state index in [0.717, 1.165) is 61.5 Å². The van der Waals surface area contributed by atoms with Crippen LogP contribution in [0.1, 0.15) is 39.1 Å². The maximum atomic E-state index is 6.06. The first-order valence-electron chi connectivity index (χ1n) is 22.5. The number of hydrogen-bond donors (Lipinski definition) is 4. The molecule has 18 heteroatoms. The van der Waals surface area contributed by atoms with Gasteiger partial charge < -0.3 is 31.4 Å². The highest BCUT2D eigenvalue weighted by Crippen LogP contribution is 2.37. The van der Waals surface area contributed by atoms with E-state index >= 15 is 0 Å². The Labute approximate surface area is 410 Å². The van der Waals surface area contributed by atoms with Crippen LogP contribution in [-0.4, -0.2) is 67.5 Å². The molecule has 0 aliphatic carbocycles. The molecule has 1 aliphatic heterocycles. The van der Waals surface area contributed by atoms with E-state index < -0.39 is 0 Å². The highest BCUT2D eigenvalue weighted by Gasteiger charge is 2.51. The number of nitrogens with zero attached hydrogens (tertiary/aromatic N) is 10. The summed E-state index contributed by atoms with van der Waals surface area (Å²) in [7, 11) is -0.388. The van der Waals surface area contributed by atoms with Crippen LogP contribution in [0.15, 0.2) is 171 Å². The fourth-order valence-corrected chi connectivity index (χ4v) is 7.78. The molecule has 350 valence electrons. The second-order valence-electron chi connectivity index (χ2n) is 17.3. The number of pyridine rings is 4. The first kappa shape index (κ1) is 46.8. The van der Waals surface area contributed by atoms with Crippen molar-refractivity contribution in [2.75, 3.05) is 22.1 Å². The lowest BCUT2D eigenvalue weighted by Crippen LogP contribution is -2.41. The molecule has 1 fully saturated rings. The molecule has 0 unspecified atom stereocenters. The van der Waals surface area contributed by atoms with Crippen molar-refractivity contribution >= 4 is 58.2 Å². The minimum atomic E-state index is -0.388. The van der Waals surface area contributed by atoms with E-state index in [1.807, 2.05) is 142 Å². The summed E-state index contributed by atoms with van der Waals surface area (Å²) in [5.74, 6) is 1.95. The van der Waals surface area contributed by atoms with Gasteiger partial charge in [-0.05, 0) is 99.0 Å². The molecule has 11 rings (SSSR count). The molecule has 10 aromatic rings. The second-order valence-corrected chi connectivity index (χ2v) is 17.6. The van der Waals surface area contributed by atoms with Gasteiger partial charge in [-0.25, -0.2) is 14.0 Å². The molecule has 6 N–H and O–H groups in total. The molecule has 0 amide bonds. The number of halogens is 1. The van der Waals surface area contributed by atoms with Crippen LogP contribution >= 0.6 is 11.6 Å². The Bertz CT molecular complexity index is 3330. The van der Waals surface area contributed by atoms with Crippen LogP contribution in [0.25, 0.3) is 44.7 Å². The van der Waals surface area contributed by atoms with Gasteiger partial charge in [0.15, 0.2) is 17.5 Å². The molecular weight excluding hydrogens is 899 g/mol. The topological polar surface area (TPSA) is 206 Å². The summed E-state index contributed by atoms with van der Waals surface area (Å²) in [6.07, 6.45) is 14.0. The second kappa shape index (κ2) is 20.5. The van der Waals surface area contributed by atoms with E-state index in [9.17, 15) is 0 Å². The van der Waals surface area contributed by atoms with Gasteiger partial charge in [0, 0.05) is 77.4 Å². The van der Waals surface area contributed by atoms with Gasteiger partial charge in [-0.3, -0.25) is 19.9 Å². The number of rotatable bonds is 10. The molecule has 8 aromatic heterocycles. The van der Waals surface area contributed by atoms with Gasteiger partial charge in [0.05, 0.1) is 41.4 Å². The van der Waals surface area contributed by atoms with E-state index in [-0.39, 0.29) is 23.6 Å². The van der Waals surface area contributed by atoms with Crippen LogP contribution in [0.4, 0.5) is 23.0 Å². The average molecular weight is 949 g/mol. The summed E-state index contributed by atoms with van der Waals surface area (Å²) in [6.45, 7) is 9.18. The Morgan fingerprint density at radius 3 is 1.59 bits per heavy atom. The van der Waals surface area contributed by atoms with E-state index in [2.05, 4.69) is 64.9 Å². The number of fused-ring (bicyclic) bond motifs is 2. The Kier molecular flexibility index (Phi) is 13.8. The fourth-order valence-electron chi connectivity index (χ4n) is 7.61. The van der Waals surface area contributed by atoms with Gasteiger partial charge in [-0.1, -0.05) is 72.8 Å². The lowest BCUT2D eigenvalue weighted by atomic mass is 9.80. The number of anilines is 4. The zero-order chi connectivity index (χ0) is 48.7. The number of hydrogen-bond acceptors (Lipinski definition) is 14. The third-order valence-electron chi connectivity index (χ3n) is 11.8. The summed E-state index contributed by atoms with van der Waals surface area (Å²) >= 11 is 6.06. The molecule has 9 heterocycles. The molecule has 0 spiro atoms. The Morgan fingerprint density at radius 2 is 1.07 bits per heavy atom. The van der Waals surface area contributed by atoms with Crippen molar-refractivity contribution in [3.63, 3.8) is 0 Å². The first-order chi connectivity index (χ1) is 33.9. The van der Waals surface area contributed by atoms with Crippen molar-refractivity contribution in [2.45, 2.75) is 52.0 Å². The lowest BCUT2D eigenvalue weighted by molar-refractivity contribution is 0.00578. The Morgan fingerprint density at radius 1 is 0.571 bits per heavy atom. The van der Waals surface area contributed by atoms with Gasteiger partial charge in [-0.2, -0.15) is 4.98 Å². The molecule has 0 atom stereocenters. The van der Waals surface area contributed by atoms with Crippen molar-refractivity contribution in [1.29, 1.82) is 0 Å². The van der Waals surface area contributed by atoms with Gasteiger partial charge in [0.25, 0.3) is 0 Å². The van der Waals surface area contributed by atoms with Crippen molar-refractivity contribution in [3.05, 3.63) is 188 Å². The van der Waals surface area contributed by atoms with Crippen LogP contribution in [0.5, 0.6) is 0 Å². The largest absolute Gasteiger partial charge is 0.496 e. The summed E-state index contributed by atoms with van der Waals surface area (Å²) < 4.78 is 15.4. The van der Waals surface area contributed by atoms with Crippen LogP contribution in [0, 0.1) is 0 Å². The lowest BCUT2D eigenvalue weighted by Gasteiger charge is -2.32. The van der Waals surface area contributed by atoms with Gasteiger partial charge in [-0.15, -0.1) is 10.2 Å². The summed E-state index contributed by atoms with van der Waals surface area (Å²) in [5, 5.41) is 15.9. The highest BCUT2D eigenvalue weighted by molar-refractivity contribution is 6.62. The number of nitrogens with two attached hydrogens (primary N) is 2. The quantitative estimate of drug-likeness (QED) is 0.0944. The van der Waals surface area contributed by atoms with Crippen molar-refractivity contribution in [3.8, 4) is 33.6 Å². The predicted molar refractivity (Wildman–Crippen MR) is 277 cm³/mol. The molecule has 1 saturated heterocycles. The molecule has 0 radical (unpaired) electrons. The smallest absolute Gasteiger partial charge is 0.399 e. The van der Waals surface area contributed by atoms with Gasteiger partial charge in [0.1, 0.15) is 11.0 Å². The van der Waals surface area contributed by atoms with E-state index in [1.54, 1.807) is 41.7 Å². The average Bonchev–Trinajstić information content (AvgIpc) is 4.07. The summed E-state index contributed by atoms with van der Waals surface area (Å²) in [4.78, 5) is 26.1. The van der Waals surface area contributed by atoms with Crippen LogP contribution in [0.2, 0.25) is 5.28 Å². The van der Waals surface area contributed by atoms with Crippen molar-refractivity contribution in [2.24, 2.45) is 0 Å². The molecule has 70 heavy (non-hydrogen) atoms.